The normalized spacial score (nSPS) is 22.5. The second-order valence-corrected chi connectivity index (χ2v) is 8.02. The van der Waals surface area contributed by atoms with Crippen LogP contribution >= 0.6 is 0 Å². The van der Waals surface area contributed by atoms with E-state index in [9.17, 15) is 19.2 Å². The maximum absolute atomic E-state index is 13.4. The number of morpholine rings is 1. The summed E-state index contributed by atoms with van der Waals surface area (Å²) in [6, 6.07) is 14.9. The number of piperidine rings is 1. The Labute approximate surface area is 180 Å². The van der Waals surface area contributed by atoms with Gasteiger partial charge in [0.2, 0.25) is 0 Å². The molecule has 2 saturated heterocycles. The molecule has 0 radical (unpaired) electrons. The first kappa shape index (κ1) is 21.0. The summed E-state index contributed by atoms with van der Waals surface area (Å²) >= 11 is 0. The van der Waals surface area contributed by atoms with E-state index in [4.69, 9.17) is 9.47 Å². The molecule has 0 aromatic heterocycles. The maximum Gasteiger partial charge on any atom is 0.410 e. The van der Waals surface area contributed by atoms with Gasteiger partial charge >= 0.3 is 6.09 Å². The van der Waals surface area contributed by atoms with Gasteiger partial charge in [-0.2, -0.15) is 5.26 Å². The first-order valence-electron chi connectivity index (χ1n) is 10.3. The van der Waals surface area contributed by atoms with Crippen molar-refractivity contribution in [3.63, 3.8) is 0 Å². The third-order valence-electron chi connectivity index (χ3n) is 5.95. The average Bonchev–Trinajstić information content (AvgIpc) is 2.78. The van der Waals surface area contributed by atoms with Crippen molar-refractivity contribution in [3.05, 3.63) is 71.0 Å². The largest absolute Gasteiger partial charge is 0.445 e. The Balaban J connectivity index is 1.40. The molecule has 2 aromatic carbocycles. The zero-order valence-corrected chi connectivity index (χ0v) is 17.0. The predicted octanol–water partition coefficient (Wildman–Crippen LogP) is 3.63. The number of carbonyl (C=O) groups excluding carboxylic acids is 2. The molecule has 6 nitrogen and oxygen atoms in total. The van der Waals surface area contributed by atoms with Gasteiger partial charge in [0.15, 0.2) is 0 Å². The third kappa shape index (κ3) is 4.75. The number of carbonyl (C=O) groups is 2. The number of ketones is 1. The van der Waals surface area contributed by atoms with Crippen LogP contribution in [0.2, 0.25) is 0 Å². The monoisotopic (exact) mass is 422 g/mol. The molecule has 2 aromatic rings. The fourth-order valence-corrected chi connectivity index (χ4v) is 4.41. The van der Waals surface area contributed by atoms with Crippen LogP contribution in [0, 0.1) is 23.1 Å². The second-order valence-electron chi connectivity index (χ2n) is 8.02. The lowest BCUT2D eigenvalue weighted by atomic mass is 9.81. The minimum atomic E-state index is -0.498. The summed E-state index contributed by atoms with van der Waals surface area (Å²) in [5.74, 6) is -0.743. The zero-order chi connectivity index (χ0) is 21.8. The summed E-state index contributed by atoms with van der Waals surface area (Å²) in [5.41, 5.74) is 1.62. The summed E-state index contributed by atoms with van der Waals surface area (Å²) in [6.07, 6.45) is 0.656. The number of hydrogen-bond acceptors (Lipinski definition) is 5. The van der Waals surface area contributed by atoms with Crippen molar-refractivity contribution >= 4 is 11.9 Å². The highest BCUT2D eigenvalue weighted by atomic mass is 19.1. The van der Waals surface area contributed by atoms with E-state index in [0.717, 1.165) is 11.6 Å². The molecule has 2 aliphatic heterocycles. The topological polar surface area (TPSA) is 79.6 Å². The van der Waals surface area contributed by atoms with Gasteiger partial charge in [0.25, 0.3) is 0 Å². The van der Waals surface area contributed by atoms with Crippen molar-refractivity contribution in [2.45, 2.75) is 38.0 Å². The van der Waals surface area contributed by atoms with Crippen LogP contribution in [0.15, 0.2) is 48.5 Å². The average molecular weight is 422 g/mol. The standard InChI is InChI=1S/C24H23FN2O4/c25-20-7-6-17(19(8-20)12-26)11-23(28)18-9-21-14-30-15-22(10-18)27(21)24(29)31-13-16-4-2-1-3-5-16/h1-8,18,21-22H,9-11,13-15H2. The van der Waals surface area contributed by atoms with Crippen LogP contribution in [0.3, 0.4) is 0 Å². The number of hydrogen-bond donors (Lipinski definition) is 0. The first-order valence-corrected chi connectivity index (χ1v) is 10.3. The van der Waals surface area contributed by atoms with Crippen molar-refractivity contribution < 1.29 is 23.5 Å². The third-order valence-corrected chi connectivity index (χ3v) is 5.95. The molecule has 2 bridgehead atoms. The van der Waals surface area contributed by atoms with Crippen LogP contribution < -0.4 is 0 Å². The maximum atomic E-state index is 13.4. The molecule has 1 amide bonds. The lowest BCUT2D eigenvalue weighted by Crippen LogP contribution is -2.60. The molecule has 31 heavy (non-hydrogen) atoms. The fraction of sp³-hybridized carbons (Fsp3) is 0.375. The Morgan fingerprint density at radius 2 is 1.84 bits per heavy atom. The van der Waals surface area contributed by atoms with E-state index in [1.807, 2.05) is 36.4 Å². The highest BCUT2D eigenvalue weighted by Crippen LogP contribution is 2.33. The SMILES string of the molecule is N#Cc1cc(F)ccc1CC(=O)C1CC2COCC(C1)N2C(=O)OCc1ccccc1. The number of ether oxygens (including phenoxy) is 2. The summed E-state index contributed by atoms with van der Waals surface area (Å²) in [7, 11) is 0. The smallest absolute Gasteiger partial charge is 0.410 e. The fourth-order valence-electron chi connectivity index (χ4n) is 4.41. The number of nitrogens with zero attached hydrogens (tertiary/aromatic N) is 2. The first-order chi connectivity index (χ1) is 15.0. The lowest BCUT2D eigenvalue weighted by molar-refractivity contribution is -0.130. The van der Waals surface area contributed by atoms with Crippen molar-refractivity contribution in [1.82, 2.24) is 4.90 Å². The molecule has 2 aliphatic rings. The molecule has 0 saturated carbocycles. The van der Waals surface area contributed by atoms with Crippen LogP contribution in [0.5, 0.6) is 0 Å². The van der Waals surface area contributed by atoms with Gasteiger partial charge < -0.3 is 9.47 Å². The zero-order valence-electron chi connectivity index (χ0n) is 17.0. The molecule has 2 atom stereocenters. The summed E-state index contributed by atoms with van der Waals surface area (Å²) in [5, 5.41) is 9.22. The molecular formula is C24H23FN2O4. The van der Waals surface area contributed by atoms with Crippen molar-refractivity contribution in [2.24, 2.45) is 5.92 Å². The van der Waals surface area contributed by atoms with Crippen LogP contribution in [0.1, 0.15) is 29.5 Å². The van der Waals surface area contributed by atoms with Crippen LogP contribution in [-0.2, 0) is 27.3 Å². The summed E-state index contributed by atoms with van der Waals surface area (Å²) in [4.78, 5) is 27.4. The molecule has 0 N–H and O–H groups in total. The van der Waals surface area contributed by atoms with Gasteiger partial charge in [0, 0.05) is 12.3 Å². The predicted molar refractivity (Wildman–Crippen MR) is 109 cm³/mol. The molecule has 2 heterocycles. The molecule has 0 spiro atoms. The van der Waals surface area contributed by atoms with E-state index >= 15 is 0 Å². The number of Topliss-reactive ketones (excluding diaryl/α,β-unsaturated/α-hetero) is 1. The molecule has 7 heteroatoms. The second kappa shape index (κ2) is 9.27. The van der Waals surface area contributed by atoms with E-state index in [1.165, 1.54) is 12.1 Å². The summed E-state index contributed by atoms with van der Waals surface area (Å²) in [6.45, 7) is 0.918. The van der Waals surface area contributed by atoms with Gasteiger partial charge in [-0.15, -0.1) is 0 Å². The van der Waals surface area contributed by atoms with Crippen LogP contribution in [0.25, 0.3) is 0 Å². The number of rotatable bonds is 5. The van der Waals surface area contributed by atoms with Gasteiger partial charge in [0.1, 0.15) is 18.2 Å². The van der Waals surface area contributed by atoms with E-state index in [2.05, 4.69) is 0 Å². The molecule has 160 valence electrons. The Bertz CT molecular complexity index is 990. The van der Waals surface area contributed by atoms with Crippen molar-refractivity contribution in [3.8, 4) is 6.07 Å². The minimum absolute atomic E-state index is 0.00249. The number of amides is 1. The number of fused-ring (bicyclic) bond motifs is 2. The van der Waals surface area contributed by atoms with Crippen molar-refractivity contribution in [2.75, 3.05) is 13.2 Å². The van der Waals surface area contributed by atoms with E-state index in [0.29, 0.717) is 31.6 Å². The van der Waals surface area contributed by atoms with Crippen LogP contribution in [0.4, 0.5) is 9.18 Å². The molecular weight excluding hydrogens is 399 g/mol. The van der Waals surface area contributed by atoms with Gasteiger partial charge in [0.05, 0.1) is 36.9 Å². The van der Waals surface area contributed by atoms with Gasteiger partial charge in [-0.3, -0.25) is 9.69 Å². The Morgan fingerprint density at radius 1 is 1.13 bits per heavy atom. The lowest BCUT2D eigenvalue weighted by Gasteiger charge is -2.47. The van der Waals surface area contributed by atoms with Crippen LogP contribution in [-0.4, -0.2) is 42.1 Å². The van der Waals surface area contributed by atoms with Gasteiger partial charge in [-0.1, -0.05) is 36.4 Å². The highest BCUT2D eigenvalue weighted by Gasteiger charge is 2.44. The highest BCUT2D eigenvalue weighted by molar-refractivity contribution is 5.84. The molecule has 0 aliphatic carbocycles. The van der Waals surface area contributed by atoms with E-state index in [1.54, 1.807) is 4.90 Å². The van der Waals surface area contributed by atoms with E-state index < -0.39 is 11.9 Å². The minimum Gasteiger partial charge on any atom is -0.445 e. The Hall–Kier alpha value is -3.24. The number of nitriles is 1. The van der Waals surface area contributed by atoms with Gasteiger partial charge in [-0.25, -0.2) is 9.18 Å². The van der Waals surface area contributed by atoms with Gasteiger partial charge in [-0.05, 0) is 36.1 Å². The number of benzene rings is 2. The molecule has 2 unspecified atom stereocenters. The summed E-state index contributed by atoms with van der Waals surface area (Å²) < 4.78 is 24.5. The molecule has 2 fully saturated rings. The quantitative estimate of drug-likeness (QED) is 0.735. The molecule has 4 rings (SSSR count). The van der Waals surface area contributed by atoms with E-state index in [-0.39, 0.29) is 42.4 Å². The Kier molecular flexibility index (Phi) is 6.28. The van der Waals surface area contributed by atoms with Crippen molar-refractivity contribution in [1.29, 1.82) is 5.26 Å². The number of halogens is 1. The Morgan fingerprint density at radius 3 is 2.52 bits per heavy atom.